The van der Waals surface area contributed by atoms with Gasteiger partial charge in [-0.3, -0.25) is 0 Å². The maximum atomic E-state index is 10.2. The Bertz CT molecular complexity index is 660. The smallest absolute Gasteiger partial charge is 0.127 e. The number of rotatable bonds is 4. The molecule has 6 heteroatoms. The molecule has 128 valence electrons. The Labute approximate surface area is 139 Å². The molecule has 0 aromatic heterocycles. The van der Waals surface area contributed by atoms with E-state index in [9.17, 15) is 20.4 Å². The average molecular weight is 332 g/mol. The second-order valence-corrected chi connectivity index (χ2v) is 5.74. The van der Waals surface area contributed by atoms with E-state index in [0.717, 1.165) is 0 Å². The molecule has 0 saturated carbocycles. The SMILES string of the molecule is OC[C@H]1O[C@H](c2cccc(Oc3ccccc3)c2)[C@@H](O)[C@@H](O)[C@@H]1O. The molecular weight excluding hydrogens is 312 g/mol. The highest BCUT2D eigenvalue weighted by Gasteiger charge is 2.43. The minimum absolute atomic E-state index is 0.457. The van der Waals surface area contributed by atoms with E-state index in [1.54, 1.807) is 24.3 Å². The lowest BCUT2D eigenvalue weighted by atomic mass is 9.91. The van der Waals surface area contributed by atoms with E-state index in [1.807, 2.05) is 30.3 Å². The van der Waals surface area contributed by atoms with Gasteiger partial charge in [0.2, 0.25) is 0 Å². The fourth-order valence-electron chi connectivity index (χ4n) is 2.76. The van der Waals surface area contributed by atoms with Crippen molar-refractivity contribution in [1.29, 1.82) is 0 Å². The molecule has 0 aliphatic carbocycles. The molecule has 6 nitrogen and oxygen atoms in total. The molecular formula is C18H20O6. The molecule has 2 aromatic carbocycles. The topological polar surface area (TPSA) is 99.4 Å². The summed E-state index contributed by atoms with van der Waals surface area (Å²) in [6.07, 6.45) is -5.90. The Morgan fingerprint density at radius 1 is 0.833 bits per heavy atom. The van der Waals surface area contributed by atoms with Crippen molar-refractivity contribution >= 4 is 0 Å². The second-order valence-electron chi connectivity index (χ2n) is 5.74. The summed E-state index contributed by atoms with van der Waals surface area (Å²) in [5, 5.41) is 39.2. The number of aliphatic hydroxyl groups is 4. The number of benzene rings is 2. The van der Waals surface area contributed by atoms with Crippen LogP contribution >= 0.6 is 0 Å². The lowest BCUT2D eigenvalue weighted by molar-refractivity contribution is -0.231. The fourth-order valence-corrected chi connectivity index (χ4v) is 2.76. The summed E-state index contributed by atoms with van der Waals surface area (Å²) in [7, 11) is 0. The zero-order valence-electron chi connectivity index (χ0n) is 12.9. The molecule has 0 spiro atoms. The first kappa shape index (κ1) is 16.9. The van der Waals surface area contributed by atoms with Gasteiger partial charge in [-0.05, 0) is 29.8 Å². The number of hydrogen-bond acceptors (Lipinski definition) is 6. The Balaban J connectivity index is 1.82. The first-order valence-corrected chi connectivity index (χ1v) is 7.73. The highest BCUT2D eigenvalue weighted by molar-refractivity contribution is 5.35. The standard InChI is InChI=1S/C18H20O6/c19-10-14-15(20)16(21)17(22)18(24-14)11-5-4-8-13(9-11)23-12-6-2-1-3-7-12/h1-9,14-22H,10H2/t14-,15-,16+,17+,18-/m1/s1. The van der Waals surface area contributed by atoms with Crippen molar-refractivity contribution in [2.45, 2.75) is 30.5 Å². The average Bonchev–Trinajstić information content (AvgIpc) is 2.61. The molecule has 0 amide bonds. The van der Waals surface area contributed by atoms with E-state index in [1.165, 1.54) is 0 Å². The predicted octanol–water partition coefficient (Wildman–Crippen LogP) is 0.994. The van der Waals surface area contributed by atoms with Crippen molar-refractivity contribution in [2.75, 3.05) is 6.61 Å². The van der Waals surface area contributed by atoms with E-state index >= 15 is 0 Å². The highest BCUT2D eigenvalue weighted by atomic mass is 16.5. The van der Waals surface area contributed by atoms with E-state index in [0.29, 0.717) is 17.1 Å². The Hall–Kier alpha value is -1.96. The van der Waals surface area contributed by atoms with Gasteiger partial charge in [0, 0.05) is 0 Å². The van der Waals surface area contributed by atoms with Crippen molar-refractivity contribution < 1.29 is 29.9 Å². The third kappa shape index (κ3) is 3.43. The van der Waals surface area contributed by atoms with Crippen molar-refractivity contribution in [1.82, 2.24) is 0 Å². The van der Waals surface area contributed by atoms with E-state index in [-0.39, 0.29) is 0 Å². The van der Waals surface area contributed by atoms with Crippen LogP contribution in [0.1, 0.15) is 11.7 Å². The first-order valence-electron chi connectivity index (χ1n) is 7.73. The molecule has 4 N–H and O–H groups in total. The van der Waals surface area contributed by atoms with Gasteiger partial charge in [-0.25, -0.2) is 0 Å². The molecule has 5 atom stereocenters. The number of ether oxygens (including phenoxy) is 2. The van der Waals surface area contributed by atoms with Crippen molar-refractivity contribution in [2.24, 2.45) is 0 Å². The third-order valence-electron chi connectivity index (χ3n) is 4.06. The quantitative estimate of drug-likeness (QED) is 0.666. The summed E-state index contributed by atoms with van der Waals surface area (Å²) in [5.41, 5.74) is 0.584. The summed E-state index contributed by atoms with van der Waals surface area (Å²) in [5.74, 6) is 1.22. The van der Waals surface area contributed by atoms with Crippen molar-refractivity contribution in [3.05, 3.63) is 60.2 Å². The molecule has 1 aliphatic heterocycles. The van der Waals surface area contributed by atoms with Crippen LogP contribution in [0, 0.1) is 0 Å². The van der Waals surface area contributed by atoms with Gasteiger partial charge in [-0.1, -0.05) is 30.3 Å². The minimum Gasteiger partial charge on any atom is -0.457 e. The van der Waals surface area contributed by atoms with Crippen LogP contribution in [0.25, 0.3) is 0 Å². The summed E-state index contributed by atoms with van der Waals surface area (Å²) in [6, 6.07) is 16.2. The fraction of sp³-hybridized carbons (Fsp3) is 0.333. The Kier molecular flexibility index (Phi) is 5.13. The monoisotopic (exact) mass is 332 g/mol. The molecule has 2 aromatic rings. The van der Waals surface area contributed by atoms with Gasteiger partial charge in [0.25, 0.3) is 0 Å². The lowest BCUT2D eigenvalue weighted by Gasteiger charge is -2.40. The molecule has 24 heavy (non-hydrogen) atoms. The number of para-hydroxylation sites is 1. The zero-order valence-corrected chi connectivity index (χ0v) is 12.9. The van der Waals surface area contributed by atoms with Crippen LogP contribution in [0.3, 0.4) is 0 Å². The molecule has 0 radical (unpaired) electrons. The van der Waals surface area contributed by atoms with Gasteiger partial charge in [0.05, 0.1) is 6.61 Å². The Morgan fingerprint density at radius 3 is 2.25 bits per heavy atom. The molecule has 3 rings (SSSR count). The summed E-state index contributed by atoms with van der Waals surface area (Å²) >= 11 is 0. The van der Waals surface area contributed by atoms with Crippen LogP contribution < -0.4 is 4.74 Å². The van der Waals surface area contributed by atoms with Gasteiger partial charge in [0.15, 0.2) is 0 Å². The first-order chi connectivity index (χ1) is 11.6. The molecule has 0 bridgehead atoms. The summed E-state index contributed by atoms with van der Waals surface area (Å²) in [4.78, 5) is 0. The molecule has 1 heterocycles. The van der Waals surface area contributed by atoms with E-state index in [4.69, 9.17) is 9.47 Å². The van der Waals surface area contributed by atoms with Crippen LogP contribution in [0.5, 0.6) is 11.5 Å². The van der Waals surface area contributed by atoms with E-state index in [2.05, 4.69) is 0 Å². The van der Waals surface area contributed by atoms with Crippen LogP contribution in [0.2, 0.25) is 0 Å². The van der Waals surface area contributed by atoms with E-state index < -0.39 is 37.1 Å². The van der Waals surface area contributed by atoms with Crippen LogP contribution in [-0.2, 0) is 4.74 Å². The van der Waals surface area contributed by atoms with Gasteiger partial charge in [-0.2, -0.15) is 0 Å². The number of hydrogen-bond donors (Lipinski definition) is 4. The van der Waals surface area contributed by atoms with Crippen molar-refractivity contribution in [3.63, 3.8) is 0 Å². The molecule has 1 saturated heterocycles. The van der Waals surface area contributed by atoms with Gasteiger partial charge in [-0.15, -0.1) is 0 Å². The Morgan fingerprint density at radius 2 is 1.54 bits per heavy atom. The van der Waals surface area contributed by atoms with Gasteiger partial charge < -0.3 is 29.9 Å². The maximum absolute atomic E-state index is 10.2. The van der Waals surface area contributed by atoms with Crippen LogP contribution in [-0.4, -0.2) is 51.4 Å². The molecule has 1 aliphatic rings. The third-order valence-corrected chi connectivity index (χ3v) is 4.06. The zero-order chi connectivity index (χ0) is 17.1. The maximum Gasteiger partial charge on any atom is 0.127 e. The van der Waals surface area contributed by atoms with Gasteiger partial charge >= 0.3 is 0 Å². The largest absolute Gasteiger partial charge is 0.457 e. The highest BCUT2D eigenvalue weighted by Crippen LogP contribution is 2.34. The predicted molar refractivity (Wildman–Crippen MR) is 85.7 cm³/mol. The van der Waals surface area contributed by atoms with Crippen LogP contribution in [0.15, 0.2) is 54.6 Å². The number of aliphatic hydroxyl groups excluding tert-OH is 4. The van der Waals surface area contributed by atoms with Crippen molar-refractivity contribution in [3.8, 4) is 11.5 Å². The summed E-state index contributed by atoms with van der Waals surface area (Å²) in [6.45, 7) is -0.457. The molecule has 1 fully saturated rings. The van der Waals surface area contributed by atoms with Crippen LogP contribution in [0.4, 0.5) is 0 Å². The second kappa shape index (κ2) is 7.29. The molecule has 0 unspecified atom stereocenters. The van der Waals surface area contributed by atoms with Gasteiger partial charge in [0.1, 0.15) is 42.0 Å². The minimum atomic E-state index is -1.40. The lowest BCUT2D eigenvalue weighted by Crippen LogP contribution is -2.55. The normalized spacial score (nSPS) is 30.1. The summed E-state index contributed by atoms with van der Waals surface area (Å²) < 4.78 is 11.3.